The van der Waals surface area contributed by atoms with Gasteiger partial charge < -0.3 is 15.5 Å². The fraction of sp³-hybridized carbons (Fsp3) is 0.643. The highest BCUT2D eigenvalue weighted by Crippen LogP contribution is 2.39. The van der Waals surface area contributed by atoms with Crippen molar-refractivity contribution in [3.63, 3.8) is 0 Å². The molecule has 1 atom stereocenters. The van der Waals surface area contributed by atoms with Gasteiger partial charge in [0.25, 0.3) is 0 Å². The van der Waals surface area contributed by atoms with E-state index >= 15 is 0 Å². The van der Waals surface area contributed by atoms with Crippen LogP contribution in [0.25, 0.3) is 0 Å². The van der Waals surface area contributed by atoms with Crippen molar-refractivity contribution in [2.45, 2.75) is 56.9 Å². The molecule has 1 fully saturated rings. The first-order valence-corrected chi connectivity index (χ1v) is 6.93. The Morgan fingerprint density at radius 1 is 1.22 bits per heavy atom. The Kier molecular flexibility index (Phi) is 3.12. The van der Waals surface area contributed by atoms with Gasteiger partial charge in [0.1, 0.15) is 11.5 Å². The molecule has 4 nitrogen and oxygen atoms in total. The number of nitrogens with one attached hydrogen (secondary N) is 1. The Morgan fingerprint density at radius 3 is 2.78 bits per heavy atom. The van der Waals surface area contributed by atoms with Crippen LogP contribution in [0.4, 0.5) is 5.69 Å². The fourth-order valence-electron chi connectivity index (χ4n) is 3.02. The number of anilines is 1. The number of hydrogen-bond donors (Lipinski definition) is 2. The van der Waals surface area contributed by atoms with E-state index in [4.69, 9.17) is 10.2 Å². The lowest BCUT2D eigenvalue weighted by Gasteiger charge is -2.19. The average Bonchev–Trinajstić information content (AvgIpc) is 2.76. The fourth-order valence-corrected chi connectivity index (χ4v) is 3.02. The van der Waals surface area contributed by atoms with Crippen LogP contribution in [0.2, 0.25) is 0 Å². The van der Waals surface area contributed by atoms with Crippen molar-refractivity contribution in [1.29, 1.82) is 0 Å². The Balaban J connectivity index is 1.88. The summed E-state index contributed by atoms with van der Waals surface area (Å²) in [7, 11) is 0. The maximum Gasteiger partial charge on any atom is 0.224 e. The molecule has 0 bridgehead atoms. The summed E-state index contributed by atoms with van der Waals surface area (Å²) in [5.74, 6) is 2.33. The van der Waals surface area contributed by atoms with Crippen molar-refractivity contribution in [2.75, 3.05) is 5.32 Å². The smallest absolute Gasteiger partial charge is 0.224 e. The molecule has 2 heterocycles. The van der Waals surface area contributed by atoms with Crippen LogP contribution in [-0.2, 0) is 4.79 Å². The van der Waals surface area contributed by atoms with Crippen LogP contribution in [0.5, 0.6) is 0 Å². The van der Waals surface area contributed by atoms with Crippen molar-refractivity contribution in [3.8, 4) is 0 Å². The first kappa shape index (κ1) is 11.8. The average molecular weight is 248 g/mol. The predicted molar refractivity (Wildman–Crippen MR) is 69.3 cm³/mol. The molecule has 18 heavy (non-hydrogen) atoms. The summed E-state index contributed by atoms with van der Waals surface area (Å²) in [6.45, 7) is 0. The first-order valence-electron chi connectivity index (χ1n) is 6.93. The normalized spacial score (nSPS) is 25.4. The second-order valence-electron chi connectivity index (χ2n) is 5.45. The molecule has 0 radical (unpaired) electrons. The van der Waals surface area contributed by atoms with Crippen LogP contribution in [-0.4, -0.2) is 5.91 Å². The number of rotatable bonds is 1. The van der Waals surface area contributed by atoms with Gasteiger partial charge in [-0.3, -0.25) is 4.79 Å². The molecule has 1 aromatic rings. The lowest BCUT2D eigenvalue weighted by atomic mass is 9.87. The van der Waals surface area contributed by atoms with Gasteiger partial charge in [-0.2, -0.15) is 0 Å². The number of amides is 1. The first-order chi connectivity index (χ1) is 8.74. The zero-order chi connectivity index (χ0) is 12.5. The number of nitrogens with two attached hydrogens (primary N) is 1. The molecule has 1 aliphatic heterocycles. The molecule has 4 heteroatoms. The summed E-state index contributed by atoms with van der Waals surface area (Å²) in [5, 5.41) is 2.90. The standard InChI is InChI=1S/C14H20N2O2/c15-10-6-7-13(17)16-11-8-12(18-14(10)11)9-4-2-1-3-5-9/h8-10H,1-7,15H2,(H,16,17). The highest BCUT2D eigenvalue weighted by molar-refractivity contribution is 5.92. The second kappa shape index (κ2) is 4.76. The van der Waals surface area contributed by atoms with E-state index in [0.29, 0.717) is 18.8 Å². The van der Waals surface area contributed by atoms with E-state index in [1.165, 1.54) is 32.1 Å². The second-order valence-corrected chi connectivity index (χ2v) is 5.45. The number of hydrogen-bond acceptors (Lipinski definition) is 3. The number of fused-ring (bicyclic) bond motifs is 1. The molecule has 1 unspecified atom stereocenters. The number of carbonyl (C=O) groups excluding carboxylic acids is 1. The highest BCUT2D eigenvalue weighted by atomic mass is 16.3. The van der Waals surface area contributed by atoms with E-state index in [1.807, 2.05) is 6.07 Å². The minimum Gasteiger partial charge on any atom is -0.462 e. The van der Waals surface area contributed by atoms with Crippen molar-refractivity contribution in [3.05, 3.63) is 17.6 Å². The van der Waals surface area contributed by atoms with Crippen molar-refractivity contribution < 1.29 is 9.21 Å². The Hall–Kier alpha value is -1.29. The van der Waals surface area contributed by atoms with Crippen LogP contribution in [0.15, 0.2) is 10.5 Å². The van der Waals surface area contributed by atoms with Crippen LogP contribution in [0.3, 0.4) is 0 Å². The Morgan fingerprint density at radius 2 is 2.00 bits per heavy atom. The molecule has 3 N–H and O–H groups in total. The molecule has 2 aliphatic rings. The highest BCUT2D eigenvalue weighted by Gasteiger charge is 2.27. The Labute approximate surface area is 107 Å². The molecular formula is C14H20N2O2. The van der Waals surface area contributed by atoms with Gasteiger partial charge in [0.15, 0.2) is 0 Å². The largest absolute Gasteiger partial charge is 0.462 e. The van der Waals surface area contributed by atoms with Gasteiger partial charge in [0, 0.05) is 18.4 Å². The monoisotopic (exact) mass is 248 g/mol. The maximum absolute atomic E-state index is 11.6. The van der Waals surface area contributed by atoms with E-state index in [9.17, 15) is 4.79 Å². The van der Waals surface area contributed by atoms with Crippen LogP contribution in [0, 0.1) is 0 Å². The number of carbonyl (C=O) groups is 1. The van der Waals surface area contributed by atoms with Crippen molar-refractivity contribution >= 4 is 11.6 Å². The van der Waals surface area contributed by atoms with Crippen LogP contribution in [0.1, 0.15) is 68.4 Å². The third kappa shape index (κ3) is 2.17. The molecule has 3 rings (SSSR count). The lowest BCUT2D eigenvalue weighted by molar-refractivity contribution is -0.116. The van der Waals surface area contributed by atoms with Gasteiger partial charge in [-0.1, -0.05) is 19.3 Å². The molecule has 1 aliphatic carbocycles. The summed E-state index contributed by atoms with van der Waals surface area (Å²) in [4.78, 5) is 11.6. The summed E-state index contributed by atoms with van der Waals surface area (Å²) >= 11 is 0. The summed E-state index contributed by atoms with van der Waals surface area (Å²) in [5.41, 5.74) is 6.86. The predicted octanol–water partition coefficient (Wildman–Crippen LogP) is 3.06. The molecular weight excluding hydrogens is 228 g/mol. The minimum atomic E-state index is -0.156. The molecule has 0 spiro atoms. The van der Waals surface area contributed by atoms with E-state index in [2.05, 4.69) is 5.32 Å². The van der Waals surface area contributed by atoms with Crippen LogP contribution < -0.4 is 11.1 Å². The van der Waals surface area contributed by atoms with Crippen molar-refractivity contribution in [1.82, 2.24) is 0 Å². The lowest BCUT2D eigenvalue weighted by Crippen LogP contribution is -2.10. The van der Waals surface area contributed by atoms with Gasteiger partial charge in [-0.25, -0.2) is 0 Å². The van der Waals surface area contributed by atoms with Gasteiger partial charge in [0.05, 0.1) is 11.7 Å². The van der Waals surface area contributed by atoms with E-state index < -0.39 is 0 Å². The maximum atomic E-state index is 11.6. The van der Waals surface area contributed by atoms with Gasteiger partial charge in [-0.15, -0.1) is 0 Å². The third-order valence-corrected chi connectivity index (χ3v) is 4.08. The SMILES string of the molecule is NC1CCC(=O)Nc2cc(C3CCCCC3)oc21. The van der Waals surface area contributed by atoms with Gasteiger partial charge in [0.2, 0.25) is 5.91 Å². The van der Waals surface area contributed by atoms with E-state index in [1.54, 1.807) is 0 Å². The van der Waals surface area contributed by atoms with Gasteiger partial charge in [-0.05, 0) is 19.3 Å². The molecule has 1 amide bonds. The van der Waals surface area contributed by atoms with E-state index in [-0.39, 0.29) is 11.9 Å². The zero-order valence-corrected chi connectivity index (χ0v) is 10.6. The zero-order valence-electron chi connectivity index (χ0n) is 10.6. The van der Waals surface area contributed by atoms with E-state index in [0.717, 1.165) is 17.2 Å². The minimum absolute atomic E-state index is 0.0418. The molecule has 1 aromatic heterocycles. The van der Waals surface area contributed by atoms with Crippen LogP contribution >= 0.6 is 0 Å². The molecule has 98 valence electrons. The molecule has 0 saturated heterocycles. The number of furan rings is 1. The van der Waals surface area contributed by atoms with Crippen molar-refractivity contribution in [2.24, 2.45) is 5.73 Å². The molecule has 1 saturated carbocycles. The topological polar surface area (TPSA) is 68.3 Å². The summed E-state index contributed by atoms with van der Waals surface area (Å²) in [6, 6.07) is 1.84. The quantitative estimate of drug-likeness (QED) is 0.802. The van der Waals surface area contributed by atoms with Gasteiger partial charge >= 0.3 is 0 Å². The third-order valence-electron chi connectivity index (χ3n) is 4.08. The summed E-state index contributed by atoms with van der Waals surface area (Å²) < 4.78 is 5.95. The Bertz CT molecular complexity index is 447. The summed E-state index contributed by atoms with van der Waals surface area (Å²) in [6.07, 6.45) is 7.39. The molecule has 0 aromatic carbocycles.